The number of aromatic amines is 1. The van der Waals surface area contributed by atoms with Gasteiger partial charge in [-0.05, 0) is 31.2 Å². The van der Waals surface area contributed by atoms with Crippen LogP contribution in [0.5, 0.6) is 0 Å². The van der Waals surface area contributed by atoms with Gasteiger partial charge in [0.15, 0.2) is 6.61 Å². The van der Waals surface area contributed by atoms with E-state index in [2.05, 4.69) is 4.98 Å². The van der Waals surface area contributed by atoms with Crippen LogP contribution in [0, 0.1) is 6.92 Å². The normalized spacial score (nSPS) is 15.5. The predicted molar refractivity (Wildman–Crippen MR) is 97.6 cm³/mol. The zero-order chi connectivity index (χ0) is 19.4. The Bertz CT molecular complexity index is 899. The fourth-order valence-electron chi connectivity index (χ4n) is 2.79. The Morgan fingerprint density at radius 2 is 1.74 bits per heavy atom. The number of carbonyl (C=O) groups is 2. The molecule has 0 bridgehead atoms. The molecule has 0 unspecified atom stereocenters. The van der Waals surface area contributed by atoms with Crippen molar-refractivity contribution < 1.29 is 22.7 Å². The van der Waals surface area contributed by atoms with Crippen LogP contribution in [0.4, 0.5) is 0 Å². The van der Waals surface area contributed by atoms with Gasteiger partial charge >= 0.3 is 5.97 Å². The van der Waals surface area contributed by atoms with Gasteiger partial charge in [0.05, 0.1) is 4.90 Å². The Morgan fingerprint density at radius 3 is 2.33 bits per heavy atom. The summed E-state index contributed by atoms with van der Waals surface area (Å²) in [7, 11) is -3.58. The molecule has 1 fully saturated rings. The molecule has 0 saturated carbocycles. The maximum Gasteiger partial charge on any atom is 0.355 e. The molecular weight excluding hydrogens is 370 g/mol. The van der Waals surface area contributed by atoms with Crippen LogP contribution < -0.4 is 0 Å². The molecule has 1 saturated heterocycles. The van der Waals surface area contributed by atoms with Crippen LogP contribution in [0.25, 0.3) is 0 Å². The maximum absolute atomic E-state index is 12.7. The van der Waals surface area contributed by atoms with Crippen molar-refractivity contribution in [1.29, 1.82) is 0 Å². The quantitative estimate of drug-likeness (QED) is 0.767. The minimum atomic E-state index is -3.58. The molecule has 0 aliphatic carbocycles. The molecule has 9 heteroatoms. The predicted octanol–water partition coefficient (Wildman–Crippen LogP) is 1.01. The average molecular weight is 391 g/mol. The van der Waals surface area contributed by atoms with Crippen molar-refractivity contribution >= 4 is 21.9 Å². The first-order valence-electron chi connectivity index (χ1n) is 8.53. The summed E-state index contributed by atoms with van der Waals surface area (Å²) in [5, 5.41) is 0. The molecule has 1 aromatic heterocycles. The molecule has 0 spiro atoms. The number of amides is 1. The van der Waals surface area contributed by atoms with Crippen molar-refractivity contribution in [1.82, 2.24) is 14.2 Å². The number of nitrogens with zero attached hydrogens (tertiary/aromatic N) is 2. The largest absolute Gasteiger partial charge is 0.451 e. The number of ether oxygens (including phenoxy) is 1. The van der Waals surface area contributed by atoms with Gasteiger partial charge in [0.2, 0.25) is 10.0 Å². The van der Waals surface area contributed by atoms with E-state index in [0.29, 0.717) is 0 Å². The second-order valence-corrected chi connectivity index (χ2v) is 8.20. The van der Waals surface area contributed by atoms with Crippen LogP contribution in [0.2, 0.25) is 0 Å². The van der Waals surface area contributed by atoms with Gasteiger partial charge in [-0.15, -0.1) is 0 Å². The lowest BCUT2D eigenvalue weighted by atomic mass is 10.2. The van der Waals surface area contributed by atoms with E-state index in [1.807, 2.05) is 6.92 Å². The Balaban J connectivity index is 1.53. The topological polar surface area (TPSA) is 99.8 Å². The third-order valence-corrected chi connectivity index (χ3v) is 6.31. The fraction of sp³-hybridized carbons (Fsp3) is 0.333. The Morgan fingerprint density at radius 1 is 1.07 bits per heavy atom. The number of nitrogens with one attached hydrogen (secondary N) is 1. The number of rotatable bonds is 5. The third-order valence-electron chi connectivity index (χ3n) is 4.39. The lowest BCUT2D eigenvalue weighted by Gasteiger charge is -2.33. The summed E-state index contributed by atoms with van der Waals surface area (Å²) >= 11 is 0. The van der Waals surface area contributed by atoms with Crippen molar-refractivity contribution in [2.45, 2.75) is 11.8 Å². The number of carbonyl (C=O) groups excluding carboxylic acids is 2. The van der Waals surface area contributed by atoms with Gasteiger partial charge < -0.3 is 14.6 Å². The Hall–Kier alpha value is -2.65. The molecule has 8 nitrogen and oxygen atoms in total. The van der Waals surface area contributed by atoms with Crippen molar-refractivity contribution in [3.05, 3.63) is 53.9 Å². The number of H-pyrrole nitrogens is 1. The van der Waals surface area contributed by atoms with E-state index in [1.54, 1.807) is 42.6 Å². The standard InChI is InChI=1S/C18H21N3O5S/c1-14-4-6-15(7-5-14)27(24,25)21-11-9-20(10-12-21)17(22)13-26-18(23)16-3-2-8-19-16/h2-8,19H,9-13H2,1H3. The van der Waals surface area contributed by atoms with E-state index in [0.717, 1.165) is 5.56 Å². The summed E-state index contributed by atoms with van der Waals surface area (Å²) in [6.07, 6.45) is 1.59. The molecule has 0 atom stereocenters. The zero-order valence-electron chi connectivity index (χ0n) is 14.9. The SMILES string of the molecule is Cc1ccc(S(=O)(=O)N2CCN(C(=O)COC(=O)c3ccc[nH]3)CC2)cc1. The monoisotopic (exact) mass is 391 g/mol. The average Bonchev–Trinajstić information content (AvgIpc) is 3.21. The molecule has 1 N–H and O–H groups in total. The number of sulfonamides is 1. The molecule has 144 valence electrons. The van der Waals surface area contributed by atoms with E-state index >= 15 is 0 Å². The van der Waals surface area contributed by atoms with Crippen LogP contribution in [-0.4, -0.2) is 67.3 Å². The Labute approximate surface area is 157 Å². The summed E-state index contributed by atoms with van der Waals surface area (Å²) in [5.74, 6) is -0.948. The second kappa shape index (κ2) is 7.93. The lowest BCUT2D eigenvalue weighted by Crippen LogP contribution is -2.51. The van der Waals surface area contributed by atoms with Gasteiger partial charge in [0, 0.05) is 32.4 Å². The van der Waals surface area contributed by atoms with Crippen molar-refractivity contribution in [2.75, 3.05) is 32.8 Å². The minimum absolute atomic E-state index is 0.201. The van der Waals surface area contributed by atoms with Gasteiger partial charge in [-0.2, -0.15) is 4.31 Å². The van der Waals surface area contributed by atoms with Crippen LogP contribution in [0.15, 0.2) is 47.5 Å². The molecule has 1 aliphatic heterocycles. The van der Waals surface area contributed by atoms with Gasteiger partial charge in [-0.25, -0.2) is 13.2 Å². The molecule has 2 heterocycles. The highest BCUT2D eigenvalue weighted by atomic mass is 32.2. The molecule has 1 amide bonds. The smallest absolute Gasteiger partial charge is 0.355 e. The number of esters is 1. The molecule has 27 heavy (non-hydrogen) atoms. The first-order valence-corrected chi connectivity index (χ1v) is 9.97. The van der Waals surface area contributed by atoms with E-state index in [-0.39, 0.29) is 49.3 Å². The first-order chi connectivity index (χ1) is 12.9. The highest BCUT2D eigenvalue weighted by Gasteiger charge is 2.30. The number of aryl methyl sites for hydroxylation is 1. The molecular formula is C18H21N3O5S. The maximum atomic E-state index is 12.7. The summed E-state index contributed by atoms with van der Waals surface area (Å²) in [5.41, 5.74) is 1.26. The molecule has 0 radical (unpaired) electrons. The van der Waals surface area contributed by atoms with Crippen LogP contribution >= 0.6 is 0 Å². The van der Waals surface area contributed by atoms with E-state index in [4.69, 9.17) is 4.74 Å². The number of benzene rings is 1. The highest BCUT2D eigenvalue weighted by molar-refractivity contribution is 7.89. The van der Waals surface area contributed by atoms with Crippen molar-refractivity contribution in [3.8, 4) is 0 Å². The van der Waals surface area contributed by atoms with Crippen LogP contribution in [0.1, 0.15) is 16.1 Å². The second-order valence-electron chi connectivity index (χ2n) is 6.26. The third kappa shape index (κ3) is 4.37. The van der Waals surface area contributed by atoms with Crippen molar-refractivity contribution in [3.63, 3.8) is 0 Å². The van der Waals surface area contributed by atoms with Crippen molar-refractivity contribution in [2.24, 2.45) is 0 Å². The number of aromatic nitrogens is 1. The summed E-state index contributed by atoms with van der Waals surface area (Å²) in [4.78, 5) is 28.4. The van der Waals surface area contributed by atoms with Gasteiger partial charge in [0.1, 0.15) is 5.69 Å². The van der Waals surface area contributed by atoms with E-state index in [9.17, 15) is 18.0 Å². The van der Waals surface area contributed by atoms with Gasteiger partial charge in [0.25, 0.3) is 5.91 Å². The fourth-order valence-corrected chi connectivity index (χ4v) is 4.21. The van der Waals surface area contributed by atoms with Gasteiger partial charge in [-0.3, -0.25) is 4.79 Å². The summed E-state index contributed by atoms with van der Waals surface area (Å²) < 4.78 is 31.7. The highest BCUT2D eigenvalue weighted by Crippen LogP contribution is 2.18. The minimum Gasteiger partial charge on any atom is -0.451 e. The zero-order valence-corrected chi connectivity index (χ0v) is 15.7. The first kappa shape index (κ1) is 19.1. The number of piperazine rings is 1. The molecule has 3 rings (SSSR count). The van der Waals surface area contributed by atoms with Crippen LogP contribution in [0.3, 0.4) is 0 Å². The molecule has 1 aromatic carbocycles. The molecule has 1 aliphatic rings. The number of hydrogen-bond donors (Lipinski definition) is 1. The van der Waals surface area contributed by atoms with E-state index in [1.165, 1.54) is 9.21 Å². The van der Waals surface area contributed by atoms with Crippen LogP contribution in [-0.2, 0) is 19.6 Å². The molecule has 2 aromatic rings. The Kier molecular flexibility index (Phi) is 5.62. The summed E-state index contributed by atoms with van der Waals surface area (Å²) in [6, 6.07) is 9.90. The van der Waals surface area contributed by atoms with Gasteiger partial charge in [-0.1, -0.05) is 17.7 Å². The summed E-state index contributed by atoms with van der Waals surface area (Å²) in [6.45, 7) is 2.43. The lowest BCUT2D eigenvalue weighted by molar-refractivity contribution is -0.135. The number of hydrogen-bond acceptors (Lipinski definition) is 5. The van der Waals surface area contributed by atoms with E-state index < -0.39 is 16.0 Å².